The minimum Gasteiger partial charge on any atom is -0.360 e. The Morgan fingerprint density at radius 2 is 2.23 bits per heavy atom. The first-order chi connectivity index (χ1) is 10.7. The van der Waals surface area contributed by atoms with Gasteiger partial charge in [-0.15, -0.1) is 10.2 Å². The summed E-state index contributed by atoms with van der Waals surface area (Å²) in [6.45, 7) is 1.79. The van der Waals surface area contributed by atoms with Gasteiger partial charge in [0.15, 0.2) is 11.0 Å². The molecule has 2 aliphatic rings. The fourth-order valence-electron chi connectivity index (χ4n) is 2.42. The van der Waals surface area contributed by atoms with Crippen molar-refractivity contribution in [1.29, 1.82) is 0 Å². The number of rotatable bonds is 6. The monoisotopic (exact) mass is 319 g/mol. The lowest BCUT2D eigenvalue weighted by molar-refractivity contribution is -0.113. The Bertz CT molecular complexity index is 702. The van der Waals surface area contributed by atoms with E-state index < -0.39 is 0 Å². The van der Waals surface area contributed by atoms with E-state index in [9.17, 15) is 4.79 Å². The summed E-state index contributed by atoms with van der Waals surface area (Å²) in [6, 6.07) is 2.23. The summed E-state index contributed by atoms with van der Waals surface area (Å²) in [7, 11) is 0. The van der Waals surface area contributed by atoms with E-state index >= 15 is 0 Å². The molecule has 2 aromatic rings. The molecule has 2 saturated carbocycles. The summed E-state index contributed by atoms with van der Waals surface area (Å²) in [6.07, 6.45) is 4.80. The number of carbonyl (C=O) groups is 1. The van der Waals surface area contributed by atoms with Gasteiger partial charge in [-0.3, -0.25) is 4.79 Å². The second-order valence-electron chi connectivity index (χ2n) is 5.88. The van der Waals surface area contributed by atoms with Crippen LogP contribution < -0.4 is 5.32 Å². The molecule has 0 aliphatic heterocycles. The van der Waals surface area contributed by atoms with Crippen LogP contribution in [0.1, 0.15) is 49.2 Å². The first kappa shape index (κ1) is 13.8. The van der Waals surface area contributed by atoms with Crippen molar-refractivity contribution in [3.05, 3.63) is 17.7 Å². The molecule has 0 spiro atoms. The molecule has 0 unspecified atom stereocenters. The zero-order valence-corrected chi connectivity index (χ0v) is 13.1. The van der Waals surface area contributed by atoms with Crippen LogP contribution in [0.4, 0.5) is 5.82 Å². The largest absolute Gasteiger partial charge is 0.360 e. The van der Waals surface area contributed by atoms with E-state index in [1.54, 1.807) is 13.0 Å². The Morgan fingerprint density at radius 3 is 2.86 bits per heavy atom. The van der Waals surface area contributed by atoms with Gasteiger partial charge in [0.05, 0.1) is 5.75 Å². The molecule has 2 aliphatic carbocycles. The summed E-state index contributed by atoms with van der Waals surface area (Å²) in [5.74, 6) is 2.99. The maximum absolute atomic E-state index is 12.0. The van der Waals surface area contributed by atoms with Gasteiger partial charge in [-0.05, 0) is 32.6 Å². The van der Waals surface area contributed by atoms with Gasteiger partial charge in [0.1, 0.15) is 11.6 Å². The number of hydrogen-bond acceptors (Lipinski definition) is 6. The highest BCUT2D eigenvalue weighted by atomic mass is 32.2. The lowest BCUT2D eigenvalue weighted by atomic mass is 10.4. The molecule has 8 heteroatoms. The highest BCUT2D eigenvalue weighted by Gasteiger charge is 2.36. The van der Waals surface area contributed by atoms with Crippen LogP contribution in [0.5, 0.6) is 0 Å². The molecule has 0 radical (unpaired) electrons. The SMILES string of the molecule is Cc1cc(NC(=O)CSc2nnc(C3CC3)n2C2CC2)no1. The van der Waals surface area contributed by atoms with Crippen molar-refractivity contribution in [1.82, 2.24) is 19.9 Å². The van der Waals surface area contributed by atoms with E-state index in [1.165, 1.54) is 37.4 Å². The zero-order chi connectivity index (χ0) is 15.1. The molecule has 116 valence electrons. The third kappa shape index (κ3) is 2.87. The Morgan fingerprint density at radius 1 is 1.41 bits per heavy atom. The van der Waals surface area contributed by atoms with Gasteiger partial charge in [0, 0.05) is 18.0 Å². The Labute approximate surface area is 131 Å². The van der Waals surface area contributed by atoms with Gasteiger partial charge in [-0.1, -0.05) is 16.9 Å². The summed E-state index contributed by atoms with van der Waals surface area (Å²) in [4.78, 5) is 12.0. The maximum atomic E-state index is 12.0. The van der Waals surface area contributed by atoms with Crippen molar-refractivity contribution < 1.29 is 9.32 Å². The Kier molecular flexibility index (Phi) is 3.40. The van der Waals surface area contributed by atoms with Crippen LogP contribution in [-0.4, -0.2) is 31.6 Å². The highest BCUT2D eigenvalue weighted by molar-refractivity contribution is 7.99. The average molecular weight is 319 g/mol. The van der Waals surface area contributed by atoms with Crippen molar-refractivity contribution in [3.8, 4) is 0 Å². The first-order valence-corrected chi connectivity index (χ1v) is 8.50. The van der Waals surface area contributed by atoms with Gasteiger partial charge in [-0.2, -0.15) is 0 Å². The molecule has 0 aromatic carbocycles. The fraction of sp³-hybridized carbons (Fsp3) is 0.571. The van der Waals surface area contributed by atoms with Crippen molar-refractivity contribution in [2.75, 3.05) is 11.1 Å². The number of amides is 1. The van der Waals surface area contributed by atoms with E-state index in [1.807, 2.05) is 0 Å². The molecule has 2 heterocycles. The lowest BCUT2D eigenvalue weighted by Crippen LogP contribution is -2.15. The van der Waals surface area contributed by atoms with Gasteiger partial charge >= 0.3 is 0 Å². The number of nitrogens with zero attached hydrogens (tertiary/aromatic N) is 4. The number of aryl methyl sites for hydroxylation is 1. The Balaban J connectivity index is 1.40. The standard InChI is InChI=1S/C14H17N5O2S/c1-8-6-11(18-21-8)15-12(20)7-22-14-17-16-13(9-2-3-9)19(14)10-4-5-10/h6,9-10H,2-5,7H2,1H3,(H,15,18,20). The third-order valence-electron chi connectivity index (χ3n) is 3.77. The number of thioether (sulfide) groups is 1. The first-order valence-electron chi connectivity index (χ1n) is 7.51. The van der Waals surface area contributed by atoms with E-state index in [4.69, 9.17) is 4.52 Å². The van der Waals surface area contributed by atoms with E-state index in [-0.39, 0.29) is 5.91 Å². The van der Waals surface area contributed by atoms with Gasteiger partial charge in [0.25, 0.3) is 0 Å². The quantitative estimate of drug-likeness (QED) is 0.823. The summed E-state index contributed by atoms with van der Waals surface area (Å²) >= 11 is 1.43. The molecule has 7 nitrogen and oxygen atoms in total. The van der Waals surface area contributed by atoms with E-state index in [0.717, 1.165) is 11.0 Å². The maximum Gasteiger partial charge on any atom is 0.236 e. The third-order valence-corrected chi connectivity index (χ3v) is 4.72. The number of hydrogen-bond donors (Lipinski definition) is 1. The van der Waals surface area contributed by atoms with Crippen LogP contribution in [0.25, 0.3) is 0 Å². The van der Waals surface area contributed by atoms with Crippen LogP contribution in [0.2, 0.25) is 0 Å². The minimum absolute atomic E-state index is 0.114. The van der Waals surface area contributed by atoms with Gasteiger partial charge in [0.2, 0.25) is 5.91 Å². The molecule has 1 amide bonds. The van der Waals surface area contributed by atoms with E-state index in [2.05, 4.69) is 25.2 Å². The summed E-state index contributed by atoms with van der Waals surface area (Å²) < 4.78 is 7.17. The minimum atomic E-state index is -0.114. The number of anilines is 1. The number of nitrogens with one attached hydrogen (secondary N) is 1. The molecule has 22 heavy (non-hydrogen) atoms. The lowest BCUT2D eigenvalue weighted by Gasteiger charge is -2.07. The van der Waals surface area contributed by atoms with Crippen LogP contribution >= 0.6 is 11.8 Å². The molecular formula is C14H17N5O2S. The van der Waals surface area contributed by atoms with Crippen molar-refractivity contribution >= 4 is 23.5 Å². The second-order valence-corrected chi connectivity index (χ2v) is 6.82. The average Bonchev–Trinajstić information content (AvgIpc) is 3.42. The Hall–Kier alpha value is -1.83. The molecule has 0 saturated heterocycles. The van der Waals surface area contributed by atoms with E-state index in [0.29, 0.717) is 29.3 Å². The highest BCUT2D eigenvalue weighted by Crippen LogP contribution is 2.45. The molecule has 4 rings (SSSR count). The number of aromatic nitrogens is 4. The molecular weight excluding hydrogens is 302 g/mol. The predicted octanol–water partition coefficient (Wildman–Crippen LogP) is 2.52. The fourth-order valence-corrected chi connectivity index (χ4v) is 3.23. The summed E-state index contributed by atoms with van der Waals surface area (Å²) in [5.41, 5.74) is 0. The van der Waals surface area contributed by atoms with Crippen LogP contribution in [0, 0.1) is 6.92 Å². The van der Waals surface area contributed by atoms with Crippen LogP contribution in [-0.2, 0) is 4.79 Å². The predicted molar refractivity (Wildman–Crippen MR) is 80.9 cm³/mol. The molecule has 0 atom stereocenters. The topological polar surface area (TPSA) is 85.8 Å². The summed E-state index contributed by atoms with van der Waals surface area (Å²) in [5, 5.41) is 15.9. The normalized spacial score (nSPS) is 17.7. The molecule has 2 fully saturated rings. The van der Waals surface area contributed by atoms with Gasteiger partial charge in [-0.25, -0.2) is 0 Å². The second kappa shape index (κ2) is 5.42. The van der Waals surface area contributed by atoms with Crippen molar-refractivity contribution in [3.63, 3.8) is 0 Å². The molecule has 2 aromatic heterocycles. The van der Waals surface area contributed by atoms with Gasteiger partial charge < -0.3 is 14.4 Å². The van der Waals surface area contributed by atoms with Crippen molar-refractivity contribution in [2.45, 2.75) is 49.7 Å². The smallest absolute Gasteiger partial charge is 0.236 e. The zero-order valence-electron chi connectivity index (χ0n) is 12.3. The molecule has 1 N–H and O–H groups in total. The molecule has 0 bridgehead atoms. The van der Waals surface area contributed by atoms with Crippen molar-refractivity contribution in [2.24, 2.45) is 0 Å². The number of carbonyl (C=O) groups excluding carboxylic acids is 1. The van der Waals surface area contributed by atoms with Crippen LogP contribution in [0.15, 0.2) is 15.7 Å². The van der Waals surface area contributed by atoms with Crippen LogP contribution in [0.3, 0.4) is 0 Å².